The molecule has 1 aromatic heterocycles. The van der Waals surface area contributed by atoms with Gasteiger partial charge in [-0.25, -0.2) is 0 Å². The minimum Gasteiger partial charge on any atom is -0.396 e. The first kappa shape index (κ1) is 9.76. The van der Waals surface area contributed by atoms with Gasteiger partial charge in [0.1, 0.15) is 5.69 Å². The average Bonchev–Trinajstić information content (AvgIpc) is 2.77. The molecule has 0 radical (unpaired) electrons. The van der Waals surface area contributed by atoms with Crippen molar-refractivity contribution in [2.45, 2.75) is 18.9 Å². The van der Waals surface area contributed by atoms with Crippen molar-refractivity contribution in [3.05, 3.63) is 24.0 Å². The summed E-state index contributed by atoms with van der Waals surface area (Å²) < 4.78 is 1.49. The number of nitrogens with zero attached hydrogens (tertiary/aromatic N) is 2. The number of hydrogen-bond acceptors (Lipinski definition) is 3. The van der Waals surface area contributed by atoms with Gasteiger partial charge in [0.25, 0.3) is 5.91 Å². The molecule has 0 atom stereocenters. The summed E-state index contributed by atoms with van der Waals surface area (Å²) in [6.45, 7) is 0. The Morgan fingerprint density at radius 3 is 2.80 bits per heavy atom. The van der Waals surface area contributed by atoms with Crippen molar-refractivity contribution in [2.75, 3.05) is 5.73 Å². The molecule has 0 saturated carbocycles. The van der Waals surface area contributed by atoms with Gasteiger partial charge in [0.2, 0.25) is 0 Å². The van der Waals surface area contributed by atoms with Gasteiger partial charge in [-0.15, -0.1) is 0 Å². The van der Waals surface area contributed by atoms with E-state index in [1.54, 1.807) is 7.05 Å². The molecule has 1 aromatic rings. The van der Waals surface area contributed by atoms with E-state index in [2.05, 4.69) is 22.6 Å². The Bertz CT molecular complexity index is 380. The molecule has 1 aliphatic carbocycles. The minimum atomic E-state index is -0.152. The Hall–Kier alpha value is -1.78. The molecule has 0 aliphatic heterocycles. The largest absolute Gasteiger partial charge is 0.396 e. The van der Waals surface area contributed by atoms with Crippen molar-refractivity contribution in [3.8, 4) is 0 Å². The molecule has 15 heavy (non-hydrogen) atoms. The van der Waals surface area contributed by atoms with E-state index in [1.165, 1.54) is 10.9 Å². The van der Waals surface area contributed by atoms with Crippen LogP contribution in [0.2, 0.25) is 0 Å². The number of carbonyl (C=O) groups is 1. The maximum atomic E-state index is 11.8. The van der Waals surface area contributed by atoms with Crippen LogP contribution in [0.1, 0.15) is 23.3 Å². The number of rotatable bonds is 2. The summed E-state index contributed by atoms with van der Waals surface area (Å²) in [7, 11) is 1.71. The van der Waals surface area contributed by atoms with E-state index in [0.717, 1.165) is 12.8 Å². The minimum absolute atomic E-state index is 0.152. The Morgan fingerprint density at radius 2 is 2.27 bits per heavy atom. The lowest BCUT2D eigenvalue weighted by molar-refractivity contribution is 0.0930. The molecular weight excluding hydrogens is 192 g/mol. The second-order valence-electron chi connectivity index (χ2n) is 3.69. The summed E-state index contributed by atoms with van der Waals surface area (Å²) in [6.07, 6.45) is 7.41. The average molecular weight is 206 g/mol. The zero-order chi connectivity index (χ0) is 10.8. The number of anilines is 1. The predicted octanol–water partition coefficient (Wildman–Crippen LogP) is 0.451. The molecule has 5 nitrogen and oxygen atoms in total. The lowest BCUT2D eigenvalue weighted by Crippen LogP contribution is -2.34. The quantitative estimate of drug-likeness (QED) is 0.690. The third-order valence-corrected chi connectivity index (χ3v) is 2.53. The normalized spacial score (nSPS) is 15.8. The second kappa shape index (κ2) is 3.76. The van der Waals surface area contributed by atoms with E-state index in [-0.39, 0.29) is 11.9 Å². The molecule has 80 valence electrons. The van der Waals surface area contributed by atoms with Crippen molar-refractivity contribution >= 4 is 11.6 Å². The highest BCUT2D eigenvalue weighted by Gasteiger charge is 2.19. The number of nitrogen functional groups attached to an aromatic ring is 1. The molecule has 0 aromatic carbocycles. The van der Waals surface area contributed by atoms with Crippen LogP contribution in [0, 0.1) is 0 Å². The number of amides is 1. The highest BCUT2D eigenvalue weighted by molar-refractivity contribution is 5.97. The van der Waals surface area contributed by atoms with Crippen LogP contribution in [0.3, 0.4) is 0 Å². The Balaban J connectivity index is 2.07. The van der Waals surface area contributed by atoms with Crippen LogP contribution >= 0.6 is 0 Å². The predicted molar refractivity (Wildman–Crippen MR) is 57.2 cm³/mol. The van der Waals surface area contributed by atoms with Crippen LogP contribution in [0.25, 0.3) is 0 Å². The van der Waals surface area contributed by atoms with Gasteiger partial charge < -0.3 is 11.1 Å². The van der Waals surface area contributed by atoms with Gasteiger partial charge in [-0.2, -0.15) is 5.10 Å². The molecular formula is C10H14N4O. The summed E-state index contributed by atoms with van der Waals surface area (Å²) in [5, 5.41) is 6.85. The second-order valence-corrected chi connectivity index (χ2v) is 3.69. The fraction of sp³-hybridized carbons (Fsp3) is 0.400. The van der Waals surface area contributed by atoms with Gasteiger partial charge in [-0.1, -0.05) is 12.2 Å². The maximum absolute atomic E-state index is 11.8. The SMILES string of the molecule is Cn1ncc(N)c1C(=O)NC1CC=CC1. The molecule has 0 saturated heterocycles. The van der Waals surface area contributed by atoms with Crippen molar-refractivity contribution < 1.29 is 4.79 Å². The summed E-state index contributed by atoms with van der Waals surface area (Å²) in [6, 6.07) is 0.201. The van der Waals surface area contributed by atoms with Crippen LogP contribution in [0.4, 0.5) is 5.69 Å². The summed E-state index contributed by atoms with van der Waals surface area (Å²) in [4.78, 5) is 11.8. The van der Waals surface area contributed by atoms with Crippen molar-refractivity contribution in [1.29, 1.82) is 0 Å². The molecule has 1 aliphatic rings. The van der Waals surface area contributed by atoms with Crippen LogP contribution in [0.15, 0.2) is 18.3 Å². The Kier molecular flexibility index (Phi) is 2.45. The monoisotopic (exact) mass is 206 g/mol. The highest BCUT2D eigenvalue weighted by atomic mass is 16.2. The lowest BCUT2D eigenvalue weighted by Gasteiger charge is -2.12. The highest BCUT2D eigenvalue weighted by Crippen LogP contribution is 2.13. The Morgan fingerprint density at radius 1 is 1.60 bits per heavy atom. The summed E-state index contributed by atoms with van der Waals surface area (Å²) >= 11 is 0. The molecule has 5 heteroatoms. The van der Waals surface area contributed by atoms with Gasteiger partial charge in [0.05, 0.1) is 11.9 Å². The van der Waals surface area contributed by atoms with Gasteiger partial charge >= 0.3 is 0 Å². The van der Waals surface area contributed by atoms with Gasteiger partial charge in [0, 0.05) is 13.1 Å². The van der Waals surface area contributed by atoms with E-state index >= 15 is 0 Å². The zero-order valence-electron chi connectivity index (χ0n) is 8.60. The van der Waals surface area contributed by atoms with Crippen LogP contribution in [0.5, 0.6) is 0 Å². The molecule has 2 rings (SSSR count). The van der Waals surface area contributed by atoms with E-state index < -0.39 is 0 Å². The van der Waals surface area contributed by atoms with E-state index in [4.69, 9.17) is 5.73 Å². The summed E-state index contributed by atoms with van der Waals surface area (Å²) in [5.74, 6) is -0.152. The van der Waals surface area contributed by atoms with Gasteiger partial charge in [-0.3, -0.25) is 9.48 Å². The van der Waals surface area contributed by atoms with Crippen molar-refractivity contribution in [1.82, 2.24) is 15.1 Å². The van der Waals surface area contributed by atoms with Crippen molar-refractivity contribution in [2.24, 2.45) is 7.05 Å². The van der Waals surface area contributed by atoms with E-state index in [1.807, 2.05) is 0 Å². The van der Waals surface area contributed by atoms with Crippen LogP contribution in [-0.4, -0.2) is 21.7 Å². The molecule has 3 N–H and O–H groups in total. The third kappa shape index (κ3) is 1.86. The maximum Gasteiger partial charge on any atom is 0.271 e. The van der Waals surface area contributed by atoms with Gasteiger partial charge in [-0.05, 0) is 12.8 Å². The first-order valence-electron chi connectivity index (χ1n) is 4.92. The topological polar surface area (TPSA) is 72.9 Å². The number of carbonyl (C=O) groups excluding carboxylic acids is 1. The fourth-order valence-corrected chi connectivity index (χ4v) is 1.72. The third-order valence-electron chi connectivity index (χ3n) is 2.53. The van der Waals surface area contributed by atoms with Crippen LogP contribution < -0.4 is 11.1 Å². The number of nitrogens with two attached hydrogens (primary N) is 1. The number of aromatic nitrogens is 2. The first-order chi connectivity index (χ1) is 7.18. The number of aryl methyl sites for hydroxylation is 1. The molecule has 0 unspecified atom stereocenters. The Labute approximate surface area is 87.9 Å². The number of hydrogen-bond donors (Lipinski definition) is 2. The molecule has 1 amide bonds. The molecule has 1 heterocycles. The van der Waals surface area contributed by atoms with E-state index in [0.29, 0.717) is 11.4 Å². The van der Waals surface area contributed by atoms with Crippen molar-refractivity contribution in [3.63, 3.8) is 0 Å². The number of nitrogens with one attached hydrogen (secondary N) is 1. The smallest absolute Gasteiger partial charge is 0.271 e. The van der Waals surface area contributed by atoms with Crippen LogP contribution in [-0.2, 0) is 7.05 Å². The standard InChI is InChI=1S/C10H14N4O/c1-14-9(8(11)6-12-14)10(15)13-7-4-2-3-5-7/h2-3,6-7H,4-5,11H2,1H3,(H,13,15). The van der Waals surface area contributed by atoms with Gasteiger partial charge in [0.15, 0.2) is 0 Å². The van der Waals surface area contributed by atoms with E-state index in [9.17, 15) is 4.79 Å². The molecule has 0 spiro atoms. The molecule has 0 bridgehead atoms. The summed E-state index contributed by atoms with van der Waals surface area (Å²) in [5.41, 5.74) is 6.51. The fourth-order valence-electron chi connectivity index (χ4n) is 1.72. The zero-order valence-corrected chi connectivity index (χ0v) is 8.60. The lowest BCUT2D eigenvalue weighted by atomic mass is 10.2. The first-order valence-corrected chi connectivity index (χ1v) is 4.92. The molecule has 0 fully saturated rings.